The summed E-state index contributed by atoms with van der Waals surface area (Å²) in [5.74, 6) is 0.632. The second-order valence-electron chi connectivity index (χ2n) is 7.20. The molecule has 1 aromatic heterocycles. The number of likely N-dealkylation sites (tertiary alicyclic amines) is 1. The number of carbonyl (C=O) groups is 1. The average molecular weight is 330 g/mol. The van der Waals surface area contributed by atoms with E-state index >= 15 is 0 Å². The number of imidazole rings is 1. The molecule has 0 radical (unpaired) electrons. The molecule has 1 fully saturated rings. The van der Waals surface area contributed by atoms with Crippen molar-refractivity contribution in [2.24, 2.45) is 0 Å². The van der Waals surface area contributed by atoms with E-state index in [1.807, 2.05) is 25.7 Å². The maximum Gasteiger partial charge on any atom is 0.224 e. The summed E-state index contributed by atoms with van der Waals surface area (Å²) in [7, 11) is 0. The predicted octanol–water partition coefficient (Wildman–Crippen LogP) is 2.63. The summed E-state index contributed by atoms with van der Waals surface area (Å²) in [6.45, 7) is 6.77. The summed E-state index contributed by atoms with van der Waals surface area (Å²) in [6.07, 6.45) is 3.90. The molecule has 1 aromatic carbocycles. The topological polar surface area (TPSA) is 61.0 Å². The lowest BCUT2D eigenvalue weighted by Gasteiger charge is -2.32. The van der Waals surface area contributed by atoms with Crippen molar-refractivity contribution in [1.82, 2.24) is 20.2 Å². The van der Waals surface area contributed by atoms with Gasteiger partial charge < -0.3 is 9.88 Å². The Bertz CT molecular complexity index is 691. The van der Waals surface area contributed by atoms with Crippen LogP contribution in [0.1, 0.15) is 44.6 Å². The van der Waals surface area contributed by atoms with Crippen molar-refractivity contribution >= 4 is 5.91 Å². The van der Waals surface area contributed by atoms with Gasteiger partial charge in [-0.1, -0.05) is 12.1 Å². The Hall–Kier alpha value is -2.21. The van der Waals surface area contributed by atoms with Crippen LogP contribution < -0.4 is 5.32 Å². The molecular weight excluding hydrogens is 307 g/mol. The van der Waals surface area contributed by atoms with Gasteiger partial charge in [0, 0.05) is 36.9 Å². The fraction of sp³-hybridized carbons (Fsp3) is 0.444. The molecule has 1 aliphatic heterocycles. The number of carbonyl (C=O) groups excluding carboxylic acids is 1. The second-order valence-corrected chi connectivity index (χ2v) is 7.20. The Morgan fingerprint density at radius 1 is 1.33 bits per heavy atom. The Labute approximate surface area is 141 Å². The zero-order chi connectivity index (χ0) is 17.3. The minimum absolute atomic E-state index is 0.0249. The van der Waals surface area contributed by atoms with Gasteiger partial charge in [0.2, 0.25) is 5.91 Å². The molecule has 0 aliphatic carbocycles. The molecule has 1 amide bonds. The Morgan fingerprint density at radius 3 is 2.58 bits per heavy atom. The number of nitrogens with one attached hydrogen (secondary N) is 2. The quantitative estimate of drug-likeness (QED) is 0.906. The van der Waals surface area contributed by atoms with Gasteiger partial charge in [0.25, 0.3) is 0 Å². The van der Waals surface area contributed by atoms with E-state index in [0.29, 0.717) is 13.0 Å². The molecule has 0 saturated carbocycles. The van der Waals surface area contributed by atoms with Gasteiger partial charge in [-0.15, -0.1) is 0 Å². The average Bonchev–Trinajstić information content (AvgIpc) is 3.15. The number of benzene rings is 1. The lowest BCUT2D eigenvalue weighted by atomic mass is 10.0. The van der Waals surface area contributed by atoms with Gasteiger partial charge in [0.1, 0.15) is 11.6 Å². The number of H-pyrrole nitrogens is 1. The number of aromatic nitrogens is 2. The highest BCUT2D eigenvalue weighted by Gasteiger charge is 2.37. The molecule has 2 N–H and O–H groups in total. The van der Waals surface area contributed by atoms with Gasteiger partial charge in [-0.05, 0) is 38.5 Å². The Kier molecular flexibility index (Phi) is 4.41. The maximum atomic E-state index is 13.2. The Morgan fingerprint density at radius 2 is 2.04 bits per heavy atom. The third kappa shape index (κ3) is 3.48. The summed E-state index contributed by atoms with van der Waals surface area (Å²) in [6, 6.07) is 6.18. The molecule has 128 valence electrons. The van der Waals surface area contributed by atoms with Crippen LogP contribution in [0.15, 0.2) is 36.7 Å². The molecule has 24 heavy (non-hydrogen) atoms. The summed E-state index contributed by atoms with van der Waals surface area (Å²) in [4.78, 5) is 21.6. The van der Waals surface area contributed by atoms with E-state index < -0.39 is 0 Å². The lowest BCUT2D eigenvalue weighted by molar-refractivity contribution is -0.131. The largest absolute Gasteiger partial charge is 0.347 e. The van der Waals surface area contributed by atoms with Crippen LogP contribution in [-0.4, -0.2) is 38.9 Å². The molecule has 2 unspecified atom stereocenters. The summed E-state index contributed by atoms with van der Waals surface area (Å²) in [5.41, 5.74) is 0.719. The van der Waals surface area contributed by atoms with Crippen molar-refractivity contribution in [2.75, 3.05) is 6.54 Å². The zero-order valence-corrected chi connectivity index (χ0v) is 14.2. The van der Waals surface area contributed by atoms with Gasteiger partial charge in [-0.25, -0.2) is 9.37 Å². The molecule has 5 nitrogen and oxygen atoms in total. The number of halogens is 1. The maximum absolute atomic E-state index is 13.2. The van der Waals surface area contributed by atoms with Crippen LogP contribution in [0.4, 0.5) is 4.39 Å². The summed E-state index contributed by atoms with van der Waals surface area (Å²) in [5, 5.41) is 3.51. The van der Waals surface area contributed by atoms with Gasteiger partial charge in [0.05, 0.1) is 6.04 Å². The van der Waals surface area contributed by atoms with E-state index in [9.17, 15) is 9.18 Å². The number of aromatic amines is 1. The van der Waals surface area contributed by atoms with Crippen LogP contribution in [0, 0.1) is 5.82 Å². The third-order valence-electron chi connectivity index (χ3n) is 4.33. The van der Waals surface area contributed by atoms with Crippen molar-refractivity contribution in [3.05, 3.63) is 53.9 Å². The molecule has 0 bridgehead atoms. The third-order valence-corrected chi connectivity index (χ3v) is 4.33. The van der Waals surface area contributed by atoms with E-state index in [-0.39, 0.29) is 29.3 Å². The van der Waals surface area contributed by atoms with Crippen LogP contribution in [0.25, 0.3) is 0 Å². The molecule has 0 spiro atoms. The summed E-state index contributed by atoms with van der Waals surface area (Å²) < 4.78 is 13.2. The first kappa shape index (κ1) is 16.6. The predicted molar refractivity (Wildman–Crippen MR) is 89.8 cm³/mol. The van der Waals surface area contributed by atoms with E-state index in [4.69, 9.17) is 0 Å². The number of amides is 1. The van der Waals surface area contributed by atoms with Gasteiger partial charge in [-0.2, -0.15) is 0 Å². The van der Waals surface area contributed by atoms with Gasteiger partial charge in [0.15, 0.2) is 0 Å². The zero-order valence-electron chi connectivity index (χ0n) is 14.2. The van der Waals surface area contributed by atoms with Crippen molar-refractivity contribution in [3.63, 3.8) is 0 Å². The highest BCUT2D eigenvalue weighted by molar-refractivity contribution is 5.80. The lowest BCUT2D eigenvalue weighted by Crippen LogP contribution is -2.44. The van der Waals surface area contributed by atoms with E-state index in [2.05, 4.69) is 15.3 Å². The number of rotatable bonds is 4. The Balaban J connectivity index is 1.81. The molecule has 1 aliphatic rings. The van der Waals surface area contributed by atoms with Crippen LogP contribution in [0.5, 0.6) is 0 Å². The SMILES string of the molecule is CC(C)(C)N1CC(NC(c2ccc(F)cc2)c2ncc[nH]2)CC1=O. The monoisotopic (exact) mass is 330 g/mol. The van der Waals surface area contributed by atoms with Gasteiger partial charge >= 0.3 is 0 Å². The number of hydrogen-bond donors (Lipinski definition) is 2. The van der Waals surface area contributed by atoms with Crippen molar-refractivity contribution in [3.8, 4) is 0 Å². The van der Waals surface area contributed by atoms with Crippen molar-refractivity contribution in [1.29, 1.82) is 0 Å². The molecule has 1 saturated heterocycles. The van der Waals surface area contributed by atoms with E-state index in [1.165, 1.54) is 12.1 Å². The fourth-order valence-electron chi connectivity index (χ4n) is 3.13. The number of nitrogens with zero attached hydrogens (tertiary/aromatic N) is 2. The first-order valence-corrected chi connectivity index (χ1v) is 8.16. The van der Waals surface area contributed by atoms with Crippen molar-refractivity contribution < 1.29 is 9.18 Å². The molecule has 2 atom stereocenters. The smallest absolute Gasteiger partial charge is 0.224 e. The highest BCUT2D eigenvalue weighted by atomic mass is 19.1. The molecule has 2 heterocycles. The molecule has 6 heteroatoms. The number of hydrogen-bond acceptors (Lipinski definition) is 3. The van der Waals surface area contributed by atoms with Crippen molar-refractivity contribution in [2.45, 2.75) is 44.8 Å². The minimum atomic E-state index is -0.271. The fourth-order valence-corrected chi connectivity index (χ4v) is 3.13. The first-order valence-electron chi connectivity index (χ1n) is 8.16. The van der Waals surface area contributed by atoms with Crippen LogP contribution in [0.2, 0.25) is 0 Å². The second kappa shape index (κ2) is 6.36. The highest BCUT2D eigenvalue weighted by Crippen LogP contribution is 2.26. The van der Waals surface area contributed by atoms with Crippen LogP contribution in [-0.2, 0) is 4.79 Å². The normalized spacial score (nSPS) is 19.8. The van der Waals surface area contributed by atoms with Crippen LogP contribution >= 0.6 is 0 Å². The van der Waals surface area contributed by atoms with Crippen LogP contribution in [0.3, 0.4) is 0 Å². The minimum Gasteiger partial charge on any atom is -0.347 e. The first-order chi connectivity index (χ1) is 11.3. The van der Waals surface area contributed by atoms with Gasteiger partial charge in [-0.3, -0.25) is 10.1 Å². The molecule has 3 rings (SSSR count). The summed E-state index contributed by atoms with van der Waals surface area (Å²) >= 11 is 0. The molecule has 2 aromatic rings. The molecular formula is C18H23FN4O. The standard InChI is InChI=1S/C18H23FN4O/c1-18(2,3)23-11-14(10-15(23)24)22-16(17-20-8-9-21-17)12-4-6-13(19)7-5-12/h4-9,14,16,22H,10-11H2,1-3H3,(H,20,21). The van der Waals surface area contributed by atoms with E-state index in [0.717, 1.165) is 11.4 Å². The van der Waals surface area contributed by atoms with E-state index in [1.54, 1.807) is 24.5 Å².